The van der Waals surface area contributed by atoms with E-state index in [1.807, 2.05) is 44.2 Å². The molecule has 2 aromatic rings. The fourth-order valence-corrected chi connectivity index (χ4v) is 5.74. The molecule has 3 nitrogen and oxygen atoms in total. The lowest BCUT2D eigenvalue weighted by atomic mass is 9.67. The summed E-state index contributed by atoms with van der Waals surface area (Å²) in [4.78, 5) is 16.0. The fraction of sp³-hybridized carbons (Fsp3) is 0.483. The minimum absolute atomic E-state index is 0.00866. The average Bonchev–Trinajstić information content (AvgIpc) is 2.82. The number of carbonyl (C=O) groups is 1. The molecule has 5 atom stereocenters. The highest BCUT2D eigenvalue weighted by Crippen LogP contribution is 2.53. The molecule has 1 aliphatic heterocycles. The summed E-state index contributed by atoms with van der Waals surface area (Å²) in [5.41, 5.74) is -1.88. The first-order valence-corrected chi connectivity index (χ1v) is 13.2. The van der Waals surface area contributed by atoms with E-state index in [0.717, 1.165) is 18.1 Å². The molecule has 2 unspecified atom stereocenters. The number of benzene rings is 2. The van der Waals surface area contributed by atoms with E-state index < -0.39 is 35.7 Å². The van der Waals surface area contributed by atoms with Crippen LogP contribution in [0.3, 0.4) is 0 Å². The zero-order chi connectivity index (χ0) is 27.6. The summed E-state index contributed by atoms with van der Waals surface area (Å²) in [6, 6.07) is 13.7. The van der Waals surface area contributed by atoms with E-state index in [-0.39, 0.29) is 18.2 Å². The number of rotatable bonds is 9. The molecular formula is C29H34Cl2F3NO2. The van der Waals surface area contributed by atoms with Crippen LogP contribution in [-0.4, -0.2) is 33.7 Å². The first kappa shape index (κ1) is 29.5. The molecule has 37 heavy (non-hydrogen) atoms. The maximum atomic E-state index is 14.2. The molecule has 1 heterocycles. The van der Waals surface area contributed by atoms with Gasteiger partial charge in [-0.3, -0.25) is 4.79 Å². The minimum Gasteiger partial charge on any atom is -0.381 e. The lowest BCUT2D eigenvalue weighted by molar-refractivity contribution is -0.256. The summed E-state index contributed by atoms with van der Waals surface area (Å²) in [6.07, 6.45) is -2.23. The summed E-state index contributed by atoms with van der Waals surface area (Å²) in [5, 5.41) is 11.3. The molecule has 1 aliphatic rings. The van der Waals surface area contributed by atoms with Crippen molar-refractivity contribution in [2.45, 2.75) is 82.7 Å². The van der Waals surface area contributed by atoms with Gasteiger partial charge in [-0.1, -0.05) is 67.4 Å². The highest BCUT2D eigenvalue weighted by Gasteiger charge is 2.53. The Balaban J connectivity index is 2.16. The van der Waals surface area contributed by atoms with E-state index in [1.54, 1.807) is 29.2 Å². The second-order valence-electron chi connectivity index (χ2n) is 10.5. The highest BCUT2D eigenvalue weighted by molar-refractivity contribution is 6.30. The van der Waals surface area contributed by atoms with Crippen molar-refractivity contribution in [3.63, 3.8) is 0 Å². The molecule has 0 saturated carbocycles. The van der Waals surface area contributed by atoms with Crippen molar-refractivity contribution in [2.75, 3.05) is 0 Å². The summed E-state index contributed by atoms with van der Waals surface area (Å²) < 4.78 is 40.4. The van der Waals surface area contributed by atoms with Gasteiger partial charge in [0.25, 0.3) is 0 Å². The topological polar surface area (TPSA) is 40.5 Å². The summed E-state index contributed by atoms with van der Waals surface area (Å²) in [7, 11) is 0. The maximum absolute atomic E-state index is 14.2. The molecule has 2 aromatic carbocycles. The first-order chi connectivity index (χ1) is 17.2. The number of hydrogen-bond donors (Lipinski definition) is 1. The van der Waals surface area contributed by atoms with Crippen molar-refractivity contribution < 1.29 is 23.1 Å². The van der Waals surface area contributed by atoms with Gasteiger partial charge in [-0.05, 0) is 74.4 Å². The number of aliphatic hydroxyl groups is 1. The zero-order valence-electron chi connectivity index (χ0n) is 21.4. The number of halogens is 5. The number of carbonyl (C=O) groups excluding carboxylic acids is 1. The number of nitrogens with zero attached hydrogens (tertiary/aromatic N) is 1. The van der Waals surface area contributed by atoms with Crippen molar-refractivity contribution in [1.29, 1.82) is 0 Å². The van der Waals surface area contributed by atoms with E-state index in [9.17, 15) is 23.1 Å². The standard InChI is InChI=1S/C29H34Cl2F3NO2/c1-5-15-27(3)18-24(20-8-7-9-22(31)17-20)25(19-10-12-21(30)13-11-19)35(26(27)36)23(6-2)14-16-28(4,37)29(32,33)34/h5,7-13,17,23-25,37H,1,6,14-16,18H2,2-4H3/t23-,24+,25?,27-,28?/m0/s1. The Bertz CT molecular complexity index is 1100. The van der Waals surface area contributed by atoms with Crippen LogP contribution in [0, 0.1) is 5.41 Å². The smallest absolute Gasteiger partial charge is 0.381 e. The maximum Gasteiger partial charge on any atom is 0.416 e. The molecule has 1 amide bonds. The van der Waals surface area contributed by atoms with Crippen molar-refractivity contribution in [3.8, 4) is 0 Å². The molecule has 0 spiro atoms. The van der Waals surface area contributed by atoms with E-state index >= 15 is 0 Å². The molecular weight excluding hydrogens is 522 g/mol. The van der Waals surface area contributed by atoms with Gasteiger partial charge in [0.05, 0.1) is 11.5 Å². The molecule has 1 saturated heterocycles. The van der Waals surface area contributed by atoms with Crippen LogP contribution in [0.5, 0.6) is 0 Å². The molecule has 0 aliphatic carbocycles. The van der Waals surface area contributed by atoms with E-state index in [2.05, 4.69) is 6.58 Å². The molecule has 0 bridgehead atoms. The zero-order valence-corrected chi connectivity index (χ0v) is 22.9. The summed E-state index contributed by atoms with van der Waals surface area (Å²) in [6.45, 7) is 8.38. The van der Waals surface area contributed by atoms with Crippen molar-refractivity contribution in [3.05, 3.63) is 82.4 Å². The summed E-state index contributed by atoms with van der Waals surface area (Å²) in [5.74, 6) is -0.316. The van der Waals surface area contributed by atoms with Crippen LogP contribution >= 0.6 is 23.2 Å². The van der Waals surface area contributed by atoms with Crippen molar-refractivity contribution in [2.24, 2.45) is 5.41 Å². The Labute approximate surface area is 227 Å². The first-order valence-electron chi connectivity index (χ1n) is 12.5. The van der Waals surface area contributed by atoms with E-state index in [0.29, 0.717) is 29.3 Å². The fourth-order valence-electron chi connectivity index (χ4n) is 5.42. The largest absolute Gasteiger partial charge is 0.416 e. The quantitative estimate of drug-likeness (QED) is 0.315. The Morgan fingerprint density at radius 2 is 1.81 bits per heavy atom. The van der Waals surface area contributed by atoms with Crippen LogP contribution in [-0.2, 0) is 4.79 Å². The average molecular weight is 556 g/mol. The summed E-state index contributed by atoms with van der Waals surface area (Å²) >= 11 is 12.5. The Kier molecular flexibility index (Phi) is 9.09. The van der Waals surface area contributed by atoms with Gasteiger partial charge in [-0.15, -0.1) is 6.58 Å². The van der Waals surface area contributed by atoms with Gasteiger partial charge in [-0.2, -0.15) is 13.2 Å². The van der Waals surface area contributed by atoms with Crippen LogP contribution in [0.4, 0.5) is 13.2 Å². The van der Waals surface area contributed by atoms with Crippen LogP contribution in [0.25, 0.3) is 0 Å². The number of amides is 1. The third-order valence-corrected chi connectivity index (χ3v) is 8.11. The van der Waals surface area contributed by atoms with Gasteiger partial charge in [0.1, 0.15) is 0 Å². The second-order valence-corrected chi connectivity index (χ2v) is 11.4. The van der Waals surface area contributed by atoms with Gasteiger partial charge in [0.2, 0.25) is 5.91 Å². The van der Waals surface area contributed by atoms with E-state index in [4.69, 9.17) is 23.2 Å². The molecule has 202 valence electrons. The van der Waals surface area contributed by atoms with Crippen molar-refractivity contribution in [1.82, 2.24) is 4.90 Å². The van der Waals surface area contributed by atoms with Crippen LogP contribution < -0.4 is 0 Å². The Morgan fingerprint density at radius 1 is 1.16 bits per heavy atom. The van der Waals surface area contributed by atoms with Crippen LogP contribution in [0.1, 0.15) is 76.0 Å². The van der Waals surface area contributed by atoms with Gasteiger partial charge < -0.3 is 10.0 Å². The lowest BCUT2D eigenvalue weighted by Gasteiger charge is -2.52. The predicted molar refractivity (Wildman–Crippen MR) is 143 cm³/mol. The van der Waals surface area contributed by atoms with Crippen LogP contribution in [0.2, 0.25) is 10.0 Å². The number of hydrogen-bond acceptors (Lipinski definition) is 2. The second kappa shape index (κ2) is 11.4. The van der Waals surface area contributed by atoms with Gasteiger partial charge in [0, 0.05) is 22.0 Å². The van der Waals surface area contributed by atoms with Gasteiger partial charge in [-0.25, -0.2) is 0 Å². The molecule has 0 radical (unpaired) electrons. The van der Waals surface area contributed by atoms with Crippen LogP contribution in [0.15, 0.2) is 61.2 Å². The minimum atomic E-state index is -4.77. The van der Waals surface area contributed by atoms with Gasteiger partial charge in [0.15, 0.2) is 5.60 Å². The lowest BCUT2D eigenvalue weighted by Crippen LogP contribution is -2.56. The van der Waals surface area contributed by atoms with E-state index in [1.165, 1.54) is 0 Å². The predicted octanol–water partition coefficient (Wildman–Crippen LogP) is 8.51. The normalized spacial score (nSPS) is 25.0. The SMILES string of the molecule is C=CC[C@@]1(C)C[C@H](c2cccc(Cl)c2)C(c2ccc(Cl)cc2)N([C@@H](CC)CCC(C)(O)C(F)(F)F)C1=O. The molecule has 8 heteroatoms. The third-order valence-electron chi connectivity index (χ3n) is 7.62. The number of piperidine rings is 1. The molecule has 1 fully saturated rings. The molecule has 0 aromatic heterocycles. The van der Waals surface area contributed by atoms with Gasteiger partial charge >= 0.3 is 6.18 Å². The monoisotopic (exact) mass is 555 g/mol. The number of allylic oxidation sites excluding steroid dienone is 1. The molecule has 1 N–H and O–H groups in total. The number of alkyl halides is 3. The Morgan fingerprint density at radius 3 is 2.35 bits per heavy atom. The highest BCUT2D eigenvalue weighted by atomic mass is 35.5. The Hall–Kier alpha value is -2.02. The molecule has 3 rings (SSSR count). The van der Waals surface area contributed by atoms with Crippen molar-refractivity contribution >= 4 is 29.1 Å². The number of likely N-dealkylation sites (tertiary alicyclic amines) is 1. The third kappa shape index (κ3) is 6.35.